The number of benzene rings is 1. The van der Waals surface area contributed by atoms with Gasteiger partial charge in [-0.15, -0.1) is 0 Å². The van der Waals surface area contributed by atoms with Crippen LogP contribution >= 0.6 is 0 Å². The Hall–Kier alpha value is -2.37. The van der Waals surface area contributed by atoms with E-state index in [4.69, 9.17) is 0 Å². The van der Waals surface area contributed by atoms with Crippen molar-refractivity contribution < 1.29 is 24.6 Å². The highest BCUT2D eigenvalue weighted by molar-refractivity contribution is 6.07. The van der Waals surface area contributed by atoms with Gasteiger partial charge in [0.1, 0.15) is 11.8 Å². The average molecular weight is 317 g/mol. The molecule has 6 heteroatoms. The molecule has 2 amide bonds. The molecule has 1 aliphatic carbocycles. The van der Waals surface area contributed by atoms with E-state index in [1.54, 1.807) is 12.1 Å². The number of carbonyl (C=O) groups excluding carboxylic acids is 2. The Morgan fingerprint density at radius 2 is 1.61 bits per heavy atom. The Balaban J connectivity index is 1.85. The van der Waals surface area contributed by atoms with Crippen LogP contribution in [-0.4, -0.2) is 38.9 Å². The first-order valence-electron chi connectivity index (χ1n) is 7.86. The van der Waals surface area contributed by atoms with Gasteiger partial charge in [0, 0.05) is 6.42 Å². The number of rotatable bonds is 4. The van der Waals surface area contributed by atoms with Crippen molar-refractivity contribution in [2.24, 2.45) is 11.8 Å². The Labute approximate surface area is 133 Å². The van der Waals surface area contributed by atoms with E-state index in [0.717, 1.165) is 17.7 Å². The van der Waals surface area contributed by atoms with Crippen molar-refractivity contribution in [3.63, 3.8) is 0 Å². The zero-order valence-electron chi connectivity index (χ0n) is 12.6. The lowest BCUT2D eigenvalue weighted by Gasteiger charge is -2.23. The molecule has 1 saturated heterocycles. The van der Waals surface area contributed by atoms with Crippen molar-refractivity contribution in [1.29, 1.82) is 0 Å². The minimum Gasteiger partial charge on any atom is -0.508 e. The molecule has 2 aliphatic rings. The lowest BCUT2D eigenvalue weighted by Crippen LogP contribution is -2.46. The van der Waals surface area contributed by atoms with Crippen molar-refractivity contribution in [3.05, 3.63) is 29.8 Å². The normalized spacial score (nSPS) is 25.3. The average Bonchev–Trinajstić information content (AvgIpc) is 2.79. The third-order valence-corrected chi connectivity index (χ3v) is 4.84. The molecule has 0 bridgehead atoms. The summed E-state index contributed by atoms with van der Waals surface area (Å²) < 4.78 is 0. The SMILES string of the molecule is O=C(O)[C@H](Cc1ccc(O)cc1)N1C(=O)[C@@H]2CCCC[C@H]2C1=O. The third-order valence-electron chi connectivity index (χ3n) is 4.84. The summed E-state index contributed by atoms with van der Waals surface area (Å²) in [5.74, 6) is -2.48. The molecule has 1 aromatic rings. The van der Waals surface area contributed by atoms with Crippen molar-refractivity contribution in [3.8, 4) is 5.75 Å². The number of hydrogen-bond acceptors (Lipinski definition) is 4. The van der Waals surface area contributed by atoms with E-state index in [2.05, 4.69) is 0 Å². The van der Waals surface area contributed by atoms with Crippen LogP contribution in [0.1, 0.15) is 31.2 Å². The van der Waals surface area contributed by atoms with Gasteiger partial charge >= 0.3 is 5.97 Å². The van der Waals surface area contributed by atoms with Gasteiger partial charge < -0.3 is 10.2 Å². The smallest absolute Gasteiger partial charge is 0.327 e. The minimum atomic E-state index is -1.19. The van der Waals surface area contributed by atoms with Gasteiger partial charge in [0.25, 0.3) is 0 Å². The van der Waals surface area contributed by atoms with Crippen LogP contribution < -0.4 is 0 Å². The molecule has 0 spiro atoms. The van der Waals surface area contributed by atoms with Crippen LogP contribution in [-0.2, 0) is 20.8 Å². The van der Waals surface area contributed by atoms with Crippen LogP contribution in [0.15, 0.2) is 24.3 Å². The number of likely N-dealkylation sites (tertiary alicyclic amines) is 1. The number of amides is 2. The maximum atomic E-state index is 12.5. The Morgan fingerprint density at radius 3 is 2.09 bits per heavy atom. The highest BCUT2D eigenvalue weighted by Crippen LogP contribution is 2.39. The van der Waals surface area contributed by atoms with Crippen molar-refractivity contribution in [2.75, 3.05) is 0 Å². The highest BCUT2D eigenvalue weighted by Gasteiger charge is 2.51. The molecule has 1 saturated carbocycles. The van der Waals surface area contributed by atoms with Gasteiger partial charge in [-0.25, -0.2) is 4.79 Å². The lowest BCUT2D eigenvalue weighted by atomic mass is 9.81. The summed E-state index contributed by atoms with van der Waals surface area (Å²) in [6.07, 6.45) is 3.19. The molecule has 1 aromatic carbocycles. The van der Waals surface area contributed by atoms with Crippen LogP contribution in [0.5, 0.6) is 5.75 Å². The zero-order chi connectivity index (χ0) is 16.6. The summed E-state index contributed by atoms with van der Waals surface area (Å²) in [6, 6.07) is 4.93. The van der Waals surface area contributed by atoms with Gasteiger partial charge in [0.15, 0.2) is 0 Å². The van der Waals surface area contributed by atoms with Crippen LogP contribution in [0.3, 0.4) is 0 Å². The number of carboxylic acids is 1. The standard InChI is InChI=1S/C17H19NO5/c19-11-7-5-10(6-8-11)9-14(17(22)23)18-15(20)12-3-1-2-4-13(12)16(18)21/h5-8,12-14,19H,1-4,9H2,(H,22,23)/t12-,13-,14+/m1/s1. The number of aromatic hydroxyl groups is 1. The number of carbonyl (C=O) groups is 3. The number of phenolic OH excluding ortho intramolecular Hbond substituents is 1. The summed E-state index contributed by atoms with van der Waals surface area (Å²) in [5, 5.41) is 18.8. The molecule has 3 atom stereocenters. The largest absolute Gasteiger partial charge is 0.508 e. The maximum absolute atomic E-state index is 12.5. The van der Waals surface area contributed by atoms with E-state index in [9.17, 15) is 24.6 Å². The first-order chi connectivity index (χ1) is 11.0. The second-order valence-corrected chi connectivity index (χ2v) is 6.27. The fourth-order valence-corrected chi connectivity index (χ4v) is 3.64. The summed E-state index contributed by atoms with van der Waals surface area (Å²) >= 11 is 0. The summed E-state index contributed by atoms with van der Waals surface area (Å²) in [4.78, 5) is 37.7. The molecule has 1 heterocycles. The van der Waals surface area contributed by atoms with E-state index in [1.807, 2.05) is 0 Å². The summed E-state index contributed by atoms with van der Waals surface area (Å²) in [6.45, 7) is 0. The molecule has 0 aromatic heterocycles. The van der Waals surface area contributed by atoms with Crippen LogP contribution in [0, 0.1) is 11.8 Å². The van der Waals surface area contributed by atoms with E-state index >= 15 is 0 Å². The third kappa shape index (κ3) is 2.81. The zero-order valence-corrected chi connectivity index (χ0v) is 12.6. The molecule has 23 heavy (non-hydrogen) atoms. The fraction of sp³-hybridized carbons (Fsp3) is 0.471. The summed E-state index contributed by atoms with van der Waals surface area (Å²) in [5.41, 5.74) is 0.658. The highest BCUT2D eigenvalue weighted by atomic mass is 16.4. The fourth-order valence-electron chi connectivity index (χ4n) is 3.64. The van der Waals surface area contributed by atoms with Crippen molar-refractivity contribution in [1.82, 2.24) is 4.90 Å². The topological polar surface area (TPSA) is 94.9 Å². The number of carboxylic acid groups (broad SMARTS) is 1. The molecular formula is C17H19NO5. The molecule has 6 nitrogen and oxygen atoms in total. The van der Waals surface area contributed by atoms with E-state index in [0.29, 0.717) is 18.4 Å². The number of hydrogen-bond donors (Lipinski definition) is 2. The second-order valence-electron chi connectivity index (χ2n) is 6.27. The number of nitrogens with zero attached hydrogens (tertiary/aromatic N) is 1. The minimum absolute atomic E-state index is 0.0481. The van der Waals surface area contributed by atoms with Crippen LogP contribution in [0.2, 0.25) is 0 Å². The number of aliphatic carboxylic acids is 1. The number of phenols is 1. The molecule has 0 unspecified atom stereocenters. The first kappa shape index (κ1) is 15.5. The molecule has 1 aliphatic heterocycles. The van der Waals surface area contributed by atoms with Crippen molar-refractivity contribution in [2.45, 2.75) is 38.1 Å². The second kappa shape index (κ2) is 6.02. The van der Waals surface area contributed by atoms with E-state index < -0.39 is 12.0 Å². The maximum Gasteiger partial charge on any atom is 0.327 e. The van der Waals surface area contributed by atoms with E-state index in [-0.39, 0.29) is 35.8 Å². The molecule has 3 rings (SSSR count). The molecule has 2 N–H and O–H groups in total. The number of imide groups is 1. The van der Waals surface area contributed by atoms with E-state index in [1.165, 1.54) is 12.1 Å². The Morgan fingerprint density at radius 1 is 1.09 bits per heavy atom. The first-order valence-corrected chi connectivity index (χ1v) is 7.86. The molecule has 122 valence electrons. The number of fused-ring (bicyclic) bond motifs is 1. The van der Waals surface area contributed by atoms with Crippen LogP contribution in [0.25, 0.3) is 0 Å². The quantitative estimate of drug-likeness (QED) is 0.822. The Bertz CT molecular complexity index is 615. The monoisotopic (exact) mass is 317 g/mol. The lowest BCUT2D eigenvalue weighted by molar-refractivity contribution is -0.155. The van der Waals surface area contributed by atoms with Gasteiger partial charge in [0.2, 0.25) is 11.8 Å². The van der Waals surface area contributed by atoms with Crippen LogP contribution in [0.4, 0.5) is 0 Å². The predicted molar refractivity (Wildman–Crippen MR) is 80.5 cm³/mol. The van der Waals surface area contributed by atoms with Gasteiger partial charge in [0.05, 0.1) is 11.8 Å². The molecular weight excluding hydrogens is 298 g/mol. The molecule has 0 radical (unpaired) electrons. The van der Waals surface area contributed by atoms with Gasteiger partial charge in [-0.05, 0) is 30.5 Å². The molecule has 2 fully saturated rings. The predicted octanol–water partition coefficient (Wildman–Crippen LogP) is 1.56. The van der Waals surface area contributed by atoms with Gasteiger partial charge in [-0.3, -0.25) is 14.5 Å². The van der Waals surface area contributed by atoms with Crippen molar-refractivity contribution >= 4 is 17.8 Å². The van der Waals surface area contributed by atoms with Gasteiger partial charge in [-0.1, -0.05) is 25.0 Å². The summed E-state index contributed by atoms with van der Waals surface area (Å²) in [7, 11) is 0. The van der Waals surface area contributed by atoms with Gasteiger partial charge in [-0.2, -0.15) is 0 Å². The Kier molecular flexibility index (Phi) is 4.07.